The molecule has 0 saturated carbocycles. The van der Waals surface area contributed by atoms with Crippen molar-refractivity contribution in [3.8, 4) is 11.5 Å². The van der Waals surface area contributed by atoms with Crippen molar-refractivity contribution in [3.05, 3.63) is 52.8 Å². The van der Waals surface area contributed by atoms with Gasteiger partial charge in [0.15, 0.2) is 5.76 Å². The molecule has 21 heavy (non-hydrogen) atoms. The second-order valence-corrected chi connectivity index (χ2v) is 5.56. The molecule has 2 aromatic heterocycles. The van der Waals surface area contributed by atoms with Crippen molar-refractivity contribution in [1.29, 1.82) is 0 Å². The average molecular weight is 300 g/mol. The quantitative estimate of drug-likeness (QED) is 0.638. The number of halogens is 1. The first-order chi connectivity index (χ1) is 9.95. The van der Waals surface area contributed by atoms with Crippen LogP contribution >= 0.6 is 11.6 Å². The molecule has 0 amide bonds. The van der Waals surface area contributed by atoms with Crippen LogP contribution in [-0.4, -0.2) is 10.2 Å². The van der Waals surface area contributed by atoms with Crippen molar-refractivity contribution in [3.63, 3.8) is 0 Å². The van der Waals surface area contributed by atoms with E-state index in [2.05, 4.69) is 4.98 Å². The third-order valence-electron chi connectivity index (χ3n) is 3.45. The molecule has 0 spiro atoms. The van der Waals surface area contributed by atoms with Gasteiger partial charge in [0.05, 0.1) is 5.52 Å². The molecule has 3 rings (SSSR count). The summed E-state index contributed by atoms with van der Waals surface area (Å²) in [5, 5.41) is 0.288. The van der Waals surface area contributed by atoms with E-state index in [1.807, 2.05) is 45.0 Å². The Labute approximate surface area is 127 Å². The maximum atomic E-state index is 11.8. The number of aryl methyl sites for hydroxylation is 3. The van der Waals surface area contributed by atoms with E-state index in [-0.39, 0.29) is 0 Å². The Kier molecular flexibility index (Phi) is 3.30. The number of pyridine rings is 1. The Bertz CT molecular complexity index is 865. The number of nitrogens with zero attached hydrogens (tertiary/aromatic N) is 1. The van der Waals surface area contributed by atoms with Gasteiger partial charge in [0.1, 0.15) is 11.5 Å². The topological polar surface area (TPSA) is 43.1 Å². The van der Waals surface area contributed by atoms with Gasteiger partial charge >= 0.3 is 0 Å². The van der Waals surface area contributed by atoms with Crippen molar-refractivity contribution in [2.24, 2.45) is 0 Å². The van der Waals surface area contributed by atoms with E-state index >= 15 is 0 Å². The van der Waals surface area contributed by atoms with E-state index in [9.17, 15) is 4.79 Å². The van der Waals surface area contributed by atoms with Gasteiger partial charge in [-0.05, 0) is 62.2 Å². The molecule has 0 aliphatic heterocycles. The van der Waals surface area contributed by atoms with Crippen molar-refractivity contribution in [2.45, 2.75) is 20.8 Å². The fraction of sp³-hybridized carbons (Fsp3) is 0.176. The number of carbonyl (C=O) groups excluding carboxylic acids is 1. The first-order valence-electron chi connectivity index (χ1n) is 6.64. The minimum absolute atomic E-state index is 0.456. The highest BCUT2D eigenvalue weighted by atomic mass is 35.5. The molecule has 3 aromatic rings. The van der Waals surface area contributed by atoms with Crippen LogP contribution in [0.3, 0.4) is 0 Å². The van der Waals surface area contributed by atoms with Gasteiger partial charge in [-0.15, -0.1) is 0 Å². The lowest BCUT2D eigenvalue weighted by atomic mass is 10.0. The standard InChI is InChI=1S/C17H14ClNO2/c1-9-6-10(2)16-12(7-9)13(17(18)20)8-14(19-16)15-5-4-11(3)21-15/h4-8H,1-3H3. The van der Waals surface area contributed by atoms with E-state index in [0.29, 0.717) is 17.0 Å². The highest BCUT2D eigenvalue weighted by Gasteiger charge is 2.15. The van der Waals surface area contributed by atoms with Crippen LogP contribution in [0.4, 0.5) is 0 Å². The first kappa shape index (κ1) is 13.8. The molecule has 4 heteroatoms. The van der Waals surface area contributed by atoms with Gasteiger partial charge in [0.2, 0.25) is 0 Å². The van der Waals surface area contributed by atoms with Crippen molar-refractivity contribution in [2.75, 3.05) is 0 Å². The van der Waals surface area contributed by atoms with Crippen molar-refractivity contribution in [1.82, 2.24) is 4.98 Å². The molecule has 0 unspecified atom stereocenters. The average Bonchev–Trinajstić information content (AvgIpc) is 2.84. The van der Waals surface area contributed by atoms with Crippen LogP contribution in [0, 0.1) is 20.8 Å². The Balaban J connectivity index is 2.37. The molecule has 0 fully saturated rings. The number of fused-ring (bicyclic) bond motifs is 1. The maximum Gasteiger partial charge on any atom is 0.253 e. The molecule has 2 heterocycles. The summed E-state index contributed by atoms with van der Waals surface area (Å²) >= 11 is 5.75. The van der Waals surface area contributed by atoms with Crippen LogP contribution in [0.25, 0.3) is 22.4 Å². The van der Waals surface area contributed by atoms with Gasteiger partial charge in [-0.1, -0.05) is 11.6 Å². The molecule has 3 nitrogen and oxygen atoms in total. The molecule has 1 aromatic carbocycles. The molecular weight excluding hydrogens is 286 g/mol. The van der Waals surface area contributed by atoms with Crippen LogP contribution in [0.2, 0.25) is 0 Å². The SMILES string of the molecule is Cc1cc(C)c2nc(-c3ccc(C)o3)cc(C(=O)Cl)c2c1. The van der Waals surface area contributed by atoms with Crippen molar-refractivity contribution >= 4 is 27.7 Å². The zero-order chi connectivity index (χ0) is 15.1. The van der Waals surface area contributed by atoms with Gasteiger partial charge in [0.25, 0.3) is 5.24 Å². The zero-order valence-electron chi connectivity index (χ0n) is 12.0. The fourth-order valence-electron chi connectivity index (χ4n) is 2.54. The fourth-order valence-corrected chi connectivity index (χ4v) is 2.70. The summed E-state index contributed by atoms with van der Waals surface area (Å²) in [6.45, 7) is 5.83. The molecule has 0 N–H and O–H groups in total. The summed E-state index contributed by atoms with van der Waals surface area (Å²) in [4.78, 5) is 16.4. The molecule has 106 valence electrons. The van der Waals surface area contributed by atoms with Crippen molar-refractivity contribution < 1.29 is 9.21 Å². The number of furan rings is 1. The lowest BCUT2D eigenvalue weighted by molar-refractivity contribution is 0.108. The highest BCUT2D eigenvalue weighted by Crippen LogP contribution is 2.29. The summed E-state index contributed by atoms with van der Waals surface area (Å²) in [6, 6.07) is 9.37. The van der Waals surface area contributed by atoms with Gasteiger partial charge in [0, 0.05) is 10.9 Å². The van der Waals surface area contributed by atoms with Crippen LogP contribution in [0.5, 0.6) is 0 Å². The lowest BCUT2D eigenvalue weighted by Crippen LogP contribution is -1.97. The largest absolute Gasteiger partial charge is 0.460 e. The highest BCUT2D eigenvalue weighted by molar-refractivity contribution is 6.68. The summed E-state index contributed by atoms with van der Waals surface area (Å²) < 4.78 is 5.60. The van der Waals surface area contributed by atoms with Gasteiger partial charge in [-0.2, -0.15) is 0 Å². The third kappa shape index (κ3) is 2.45. The predicted octanol–water partition coefficient (Wildman–Crippen LogP) is 4.80. The predicted molar refractivity (Wildman–Crippen MR) is 83.8 cm³/mol. The number of aromatic nitrogens is 1. The summed E-state index contributed by atoms with van der Waals surface area (Å²) in [7, 11) is 0. The first-order valence-corrected chi connectivity index (χ1v) is 7.02. The second-order valence-electron chi connectivity index (χ2n) is 5.22. The maximum absolute atomic E-state index is 11.8. The van der Waals surface area contributed by atoms with Crippen LogP contribution in [-0.2, 0) is 0 Å². The molecule has 0 aliphatic rings. The lowest BCUT2D eigenvalue weighted by Gasteiger charge is -2.09. The van der Waals surface area contributed by atoms with Gasteiger partial charge < -0.3 is 4.42 Å². The van der Waals surface area contributed by atoms with E-state index in [1.54, 1.807) is 6.07 Å². The van der Waals surface area contributed by atoms with Gasteiger partial charge in [-0.25, -0.2) is 4.98 Å². The Morgan fingerprint density at radius 3 is 2.52 bits per heavy atom. The number of hydrogen-bond donors (Lipinski definition) is 0. The van der Waals surface area contributed by atoms with Crippen LogP contribution in [0.15, 0.2) is 34.7 Å². The molecule has 0 radical (unpaired) electrons. The van der Waals surface area contributed by atoms with Crippen LogP contribution < -0.4 is 0 Å². The summed E-state index contributed by atoms with van der Waals surface area (Å²) in [5.74, 6) is 1.43. The number of carbonyl (C=O) groups is 1. The zero-order valence-corrected chi connectivity index (χ0v) is 12.8. The van der Waals surface area contributed by atoms with E-state index in [0.717, 1.165) is 27.8 Å². The van der Waals surface area contributed by atoms with E-state index in [1.165, 1.54) is 0 Å². The number of hydrogen-bond acceptors (Lipinski definition) is 3. The summed E-state index contributed by atoms with van der Waals surface area (Å²) in [5.41, 5.74) is 3.93. The smallest absolute Gasteiger partial charge is 0.253 e. The molecule has 0 aliphatic carbocycles. The number of rotatable bonds is 2. The second kappa shape index (κ2) is 5.01. The van der Waals surface area contributed by atoms with E-state index in [4.69, 9.17) is 16.0 Å². The Hall–Kier alpha value is -2.13. The van der Waals surface area contributed by atoms with E-state index < -0.39 is 5.24 Å². The Morgan fingerprint density at radius 1 is 1.14 bits per heavy atom. The molecule has 0 saturated heterocycles. The molecular formula is C17H14ClNO2. The van der Waals surface area contributed by atoms with Gasteiger partial charge in [-0.3, -0.25) is 4.79 Å². The molecule has 0 atom stereocenters. The summed E-state index contributed by atoms with van der Waals surface area (Å²) in [6.07, 6.45) is 0. The Morgan fingerprint density at radius 2 is 1.90 bits per heavy atom. The minimum Gasteiger partial charge on any atom is -0.460 e. The monoisotopic (exact) mass is 299 g/mol. The third-order valence-corrected chi connectivity index (χ3v) is 3.66. The minimum atomic E-state index is -0.489. The normalized spacial score (nSPS) is 11.0. The number of benzene rings is 1. The van der Waals surface area contributed by atoms with Crippen LogP contribution in [0.1, 0.15) is 27.2 Å². The molecule has 0 bridgehead atoms.